The predicted octanol–water partition coefficient (Wildman–Crippen LogP) is 2.51. The molecule has 1 aromatic rings. The Morgan fingerprint density at radius 2 is 2.09 bits per heavy atom. The van der Waals surface area contributed by atoms with Crippen LogP contribution in [0.3, 0.4) is 0 Å². The van der Waals surface area contributed by atoms with Crippen molar-refractivity contribution in [2.45, 2.75) is 65.0 Å². The van der Waals surface area contributed by atoms with E-state index in [9.17, 15) is 14.9 Å². The Balaban J connectivity index is 1.89. The number of aryl methyl sites for hydroxylation is 1. The van der Waals surface area contributed by atoms with Crippen LogP contribution in [0.25, 0.3) is 0 Å². The summed E-state index contributed by atoms with van der Waals surface area (Å²) < 4.78 is 1.64. The van der Waals surface area contributed by atoms with Gasteiger partial charge in [-0.1, -0.05) is 30.6 Å². The van der Waals surface area contributed by atoms with E-state index in [1.165, 1.54) is 17.8 Å². The zero-order valence-corrected chi connectivity index (χ0v) is 14.0. The third kappa shape index (κ3) is 3.98. The molecule has 1 aromatic heterocycles. The van der Waals surface area contributed by atoms with Crippen molar-refractivity contribution >= 4 is 17.2 Å². The minimum atomic E-state index is -0.394. The molecule has 2 rings (SSSR count). The van der Waals surface area contributed by atoms with Crippen molar-refractivity contribution in [1.29, 1.82) is 5.26 Å². The Hall–Kier alpha value is -1.61. The van der Waals surface area contributed by atoms with Crippen molar-refractivity contribution in [3.05, 3.63) is 20.2 Å². The molecule has 1 fully saturated rings. The third-order valence-corrected chi connectivity index (χ3v) is 5.51. The summed E-state index contributed by atoms with van der Waals surface area (Å²) in [6.45, 7) is 4.18. The number of amides is 1. The van der Waals surface area contributed by atoms with E-state index in [1.807, 2.05) is 13.8 Å². The van der Waals surface area contributed by atoms with Gasteiger partial charge in [0.05, 0.1) is 6.07 Å². The maximum Gasteiger partial charge on any atom is 0.307 e. The Kier molecular flexibility index (Phi) is 5.78. The summed E-state index contributed by atoms with van der Waals surface area (Å²) >= 11 is 1.21. The molecule has 1 amide bonds. The quantitative estimate of drug-likeness (QED) is 0.905. The molecule has 1 N–H and O–H groups in total. The molecule has 22 heavy (non-hydrogen) atoms. The summed E-state index contributed by atoms with van der Waals surface area (Å²) in [5.74, 6) is 0.128. The molecule has 0 aliphatic heterocycles. The Labute approximate surface area is 135 Å². The first-order chi connectivity index (χ1) is 10.5. The number of carbonyl (C=O) groups is 1. The molecule has 6 heteroatoms. The number of hydrogen-bond acceptors (Lipinski definition) is 4. The van der Waals surface area contributed by atoms with Gasteiger partial charge in [0.25, 0.3) is 0 Å². The van der Waals surface area contributed by atoms with Gasteiger partial charge in [-0.2, -0.15) is 5.26 Å². The van der Waals surface area contributed by atoms with Gasteiger partial charge in [0, 0.05) is 23.5 Å². The summed E-state index contributed by atoms with van der Waals surface area (Å²) in [4.78, 5) is 24.8. The highest BCUT2D eigenvalue weighted by atomic mass is 32.1. The number of rotatable bonds is 5. The van der Waals surface area contributed by atoms with Crippen LogP contribution in [-0.4, -0.2) is 16.5 Å². The number of carbonyl (C=O) groups excluding carboxylic acids is 1. The van der Waals surface area contributed by atoms with Crippen LogP contribution in [-0.2, 0) is 11.3 Å². The van der Waals surface area contributed by atoms with E-state index in [4.69, 9.17) is 0 Å². The summed E-state index contributed by atoms with van der Waals surface area (Å²) in [6.07, 6.45) is 5.77. The molecule has 0 aromatic carbocycles. The first-order valence-corrected chi connectivity index (χ1v) is 8.70. The van der Waals surface area contributed by atoms with Crippen LogP contribution in [0.15, 0.2) is 4.79 Å². The van der Waals surface area contributed by atoms with Crippen molar-refractivity contribution in [3.63, 3.8) is 0 Å². The van der Waals surface area contributed by atoms with Crippen molar-refractivity contribution in [1.82, 2.24) is 9.88 Å². The highest BCUT2D eigenvalue weighted by molar-refractivity contribution is 7.09. The van der Waals surface area contributed by atoms with Crippen molar-refractivity contribution in [3.8, 4) is 6.07 Å². The van der Waals surface area contributed by atoms with Gasteiger partial charge in [-0.25, -0.2) is 0 Å². The van der Waals surface area contributed by atoms with Crippen LogP contribution in [0, 0.1) is 31.1 Å². The Morgan fingerprint density at radius 3 is 2.64 bits per heavy atom. The zero-order valence-electron chi connectivity index (χ0n) is 13.2. The fourth-order valence-corrected chi connectivity index (χ4v) is 3.89. The van der Waals surface area contributed by atoms with Gasteiger partial charge in [0.2, 0.25) is 5.91 Å². The minimum Gasteiger partial charge on any atom is -0.340 e. The van der Waals surface area contributed by atoms with E-state index < -0.39 is 6.04 Å². The molecular formula is C16H23N3O2S. The molecule has 0 radical (unpaired) electrons. The Morgan fingerprint density at radius 1 is 1.41 bits per heavy atom. The molecule has 1 saturated carbocycles. The predicted molar refractivity (Wildman–Crippen MR) is 86.8 cm³/mol. The summed E-state index contributed by atoms with van der Waals surface area (Å²) in [5, 5.41) is 12.1. The lowest BCUT2D eigenvalue weighted by Crippen LogP contribution is -2.40. The average Bonchev–Trinajstić information content (AvgIpc) is 2.76. The molecular weight excluding hydrogens is 298 g/mol. The number of nitriles is 1. The lowest BCUT2D eigenvalue weighted by Gasteiger charge is -2.26. The maximum absolute atomic E-state index is 12.1. The van der Waals surface area contributed by atoms with Crippen molar-refractivity contribution in [2.24, 2.45) is 5.92 Å². The molecule has 120 valence electrons. The number of hydrogen-bond donors (Lipinski definition) is 1. The van der Waals surface area contributed by atoms with E-state index in [1.54, 1.807) is 4.57 Å². The van der Waals surface area contributed by atoms with Crippen LogP contribution < -0.4 is 10.2 Å². The van der Waals surface area contributed by atoms with E-state index in [2.05, 4.69) is 11.4 Å². The van der Waals surface area contributed by atoms with E-state index in [0.717, 1.165) is 36.3 Å². The fourth-order valence-electron chi connectivity index (χ4n) is 3.03. The normalized spacial score (nSPS) is 17.0. The van der Waals surface area contributed by atoms with E-state index >= 15 is 0 Å². The molecule has 1 aliphatic carbocycles. The highest BCUT2D eigenvalue weighted by Crippen LogP contribution is 2.26. The van der Waals surface area contributed by atoms with Gasteiger partial charge >= 0.3 is 4.87 Å². The first kappa shape index (κ1) is 16.8. The van der Waals surface area contributed by atoms with Crippen LogP contribution >= 0.6 is 11.3 Å². The molecule has 1 atom stereocenters. The molecule has 0 saturated heterocycles. The summed E-state index contributed by atoms with van der Waals surface area (Å²) in [6, 6.07) is 1.84. The number of nitrogens with zero attached hydrogens (tertiary/aromatic N) is 2. The molecule has 1 heterocycles. The van der Waals surface area contributed by atoms with Gasteiger partial charge in [-0.3, -0.25) is 9.59 Å². The molecule has 0 bridgehead atoms. The topological polar surface area (TPSA) is 74.9 Å². The van der Waals surface area contributed by atoms with Gasteiger partial charge in [0.1, 0.15) is 6.04 Å². The van der Waals surface area contributed by atoms with Crippen molar-refractivity contribution in [2.75, 3.05) is 0 Å². The molecule has 0 unspecified atom stereocenters. The second-order valence-corrected chi connectivity index (χ2v) is 7.15. The van der Waals surface area contributed by atoms with Gasteiger partial charge in [0.15, 0.2) is 0 Å². The average molecular weight is 321 g/mol. The van der Waals surface area contributed by atoms with Crippen LogP contribution in [0.2, 0.25) is 0 Å². The minimum absolute atomic E-state index is 0.0214. The largest absolute Gasteiger partial charge is 0.340 e. The number of thiazole rings is 1. The van der Waals surface area contributed by atoms with Crippen LogP contribution in [0.1, 0.15) is 49.1 Å². The lowest BCUT2D eigenvalue weighted by atomic mass is 9.84. The van der Waals surface area contributed by atoms with Crippen LogP contribution in [0.4, 0.5) is 0 Å². The molecule has 0 spiro atoms. The standard InChI is InChI=1S/C16H23N3O2S/c1-11-12(2)22-16(21)19(11)9-8-15(20)18-14(10-17)13-6-4-3-5-7-13/h13-14H,3-9H2,1-2H3,(H,18,20)/t14-/m0/s1. The van der Waals surface area contributed by atoms with Crippen LogP contribution in [0.5, 0.6) is 0 Å². The Bertz CT molecular complexity index is 620. The van der Waals surface area contributed by atoms with Gasteiger partial charge < -0.3 is 9.88 Å². The maximum atomic E-state index is 12.1. The smallest absolute Gasteiger partial charge is 0.307 e. The van der Waals surface area contributed by atoms with Gasteiger partial charge in [-0.05, 0) is 32.6 Å². The summed E-state index contributed by atoms with van der Waals surface area (Å²) in [7, 11) is 0. The SMILES string of the molecule is Cc1sc(=O)n(CCC(=O)N[C@@H](C#N)C2CCCCC2)c1C. The number of aromatic nitrogens is 1. The van der Waals surface area contributed by atoms with E-state index in [0.29, 0.717) is 6.54 Å². The zero-order chi connectivity index (χ0) is 16.1. The highest BCUT2D eigenvalue weighted by Gasteiger charge is 2.24. The molecule has 5 nitrogen and oxygen atoms in total. The third-order valence-electron chi connectivity index (χ3n) is 4.51. The second-order valence-electron chi connectivity index (χ2n) is 5.98. The number of nitrogens with one attached hydrogen (secondary N) is 1. The first-order valence-electron chi connectivity index (χ1n) is 7.88. The van der Waals surface area contributed by atoms with Gasteiger partial charge in [-0.15, -0.1) is 0 Å². The fraction of sp³-hybridized carbons (Fsp3) is 0.688. The van der Waals surface area contributed by atoms with Crippen molar-refractivity contribution < 1.29 is 4.79 Å². The monoisotopic (exact) mass is 321 g/mol. The second kappa shape index (κ2) is 7.59. The molecule has 1 aliphatic rings. The van der Waals surface area contributed by atoms with E-state index in [-0.39, 0.29) is 23.1 Å². The summed E-state index contributed by atoms with van der Waals surface area (Å²) in [5.41, 5.74) is 0.923. The lowest BCUT2D eigenvalue weighted by molar-refractivity contribution is -0.122.